The van der Waals surface area contributed by atoms with E-state index in [0.29, 0.717) is 0 Å². The van der Waals surface area contributed by atoms with Gasteiger partial charge in [0.15, 0.2) is 0 Å². The van der Waals surface area contributed by atoms with Gasteiger partial charge in [0.25, 0.3) is 0 Å². The molecule has 3 nitrogen and oxygen atoms in total. The molecule has 2 rings (SSSR count). The van der Waals surface area contributed by atoms with E-state index in [4.69, 9.17) is 5.73 Å². The molecule has 0 amide bonds. The summed E-state index contributed by atoms with van der Waals surface area (Å²) >= 11 is 0. The number of nitrogens with zero attached hydrogens (tertiary/aromatic N) is 1. The van der Waals surface area contributed by atoms with Crippen molar-refractivity contribution in [1.29, 1.82) is 0 Å². The molecule has 1 aliphatic rings. The van der Waals surface area contributed by atoms with E-state index in [1.165, 1.54) is 6.42 Å². The number of alkyl halides is 3. The first-order valence-electron chi connectivity index (χ1n) is 6.99. The molecule has 0 unspecified atom stereocenters. The molecule has 0 spiro atoms. The second-order valence-electron chi connectivity index (χ2n) is 5.43. The van der Waals surface area contributed by atoms with E-state index in [1.54, 1.807) is 0 Å². The van der Waals surface area contributed by atoms with Crippen LogP contribution in [0.3, 0.4) is 0 Å². The minimum atomic E-state index is -4.40. The average Bonchev–Trinajstić information content (AvgIpc) is 2.38. The van der Waals surface area contributed by atoms with Crippen molar-refractivity contribution in [3.63, 3.8) is 0 Å². The van der Waals surface area contributed by atoms with Crippen molar-refractivity contribution in [3.8, 4) is 0 Å². The predicted molar refractivity (Wildman–Crippen MR) is 73.3 cm³/mol. The molecule has 0 bridgehead atoms. The van der Waals surface area contributed by atoms with Gasteiger partial charge in [-0.05, 0) is 43.7 Å². The first-order valence-corrected chi connectivity index (χ1v) is 6.99. The summed E-state index contributed by atoms with van der Waals surface area (Å²) < 4.78 is 38.1. The van der Waals surface area contributed by atoms with Crippen molar-refractivity contribution in [2.24, 2.45) is 5.92 Å². The molecular weight excluding hydrogens is 267 g/mol. The second-order valence-corrected chi connectivity index (χ2v) is 5.43. The zero-order valence-corrected chi connectivity index (χ0v) is 11.5. The highest BCUT2D eigenvalue weighted by Crippen LogP contribution is 2.33. The fraction of sp³-hybridized carbons (Fsp3) is 0.643. The maximum atomic E-state index is 12.7. The number of hydrogen-bond acceptors (Lipinski definition) is 3. The molecule has 0 aromatic carbocycles. The number of rotatable bonds is 3. The topological polar surface area (TPSA) is 50.9 Å². The summed E-state index contributed by atoms with van der Waals surface area (Å²) in [7, 11) is 0. The molecule has 1 saturated carbocycles. The number of nitrogens with one attached hydrogen (secondary N) is 1. The SMILES string of the molecule is CCC1CCC(Nc2cc(C(F)(F)F)cc(N)n2)CC1. The molecule has 1 heterocycles. The van der Waals surface area contributed by atoms with Crippen molar-refractivity contribution in [1.82, 2.24) is 4.98 Å². The number of nitrogens with two attached hydrogens (primary N) is 1. The summed E-state index contributed by atoms with van der Waals surface area (Å²) in [5.74, 6) is 0.856. The lowest BCUT2D eigenvalue weighted by Gasteiger charge is -2.29. The van der Waals surface area contributed by atoms with Gasteiger partial charge in [0.2, 0.25) is 0 Å². The van der Waals surface area contributed by atoms with Crippen LogP contribution in [0.15, 0.2) is 12.1 Å². The third-order valence-corrected chi connectivity index (χ3v) is 3.95. The maximum Gasteiger partial charge on any atom is 0.416 e. The smallest absolute Gasteiger partial charge is 0.384 e. The summed E-state index contributed by atoms with van der Waals surface area (Å²) in [4.78, 5) is 3.95. The molecule has 0 atom stereocenters. The standard InChI is InChI=1S/C14H20F3N3/c1-2-9-3-5-11(6-4-9)19-13-8-10(14(15,16)17)7-12(18)20-13/h7-9,11H,2-6H2,1H3,(H3,18,19,20). The molecule has 1 aliphatic carbocycles. The largest absolute Gasteiger partial charge is 0.416 e. The number of anilines is 2. The van der Waals surface area contributed by atoms with Crippen molar-refractivity contribution in [3.05, 3.63) is 17.7 Å². The third kappa shape index (κ3) is 3.77. The summed E-state index contributed by atoms with van der Waals surface area (Å²) in [6.07, 6.45) is 0.937. The van der Waals surface area contributed by atoms with Gasteiger partial charge in [-0.3, -0.25) is 0 Å². The van der Waals surface area contributed by atoms with Crippen LogP contribution >= 0.6 is 0 Å². The van der Waals surface area contributed by atoms with Gasteiger partial charge in [0, 0.05) is 6.04 Å². The van der Waals surface area contributed by atoms with E-state index in [0.717, 1.165) is 43.7 Å². The predicted octanol–water partition coefficient (Wildman–Crippen LogP) is 4.06. The van der Waals surface area contributed by atoms with E-state index in [1.807, 2.05) is 0 Å². The fourth-order valence-electron chi connectivity index (χ4n) is 2.71. The van der Waals surface area contributed by atoms with Gasteiger partial charge < -0.3 is 11.1 Å². The van der Waals surface area contributed by atoms with Crippen LogP contribution in [0.2, 0.25) is 0 Å². The molecule has 0 saturated heterocycles. The average molecular weight is 287 g/mol. The summed E-state index contributed by atoms with van der Waals surface area (Å²) in [6, 6.07) is 2.08. The van der Waals surface area contributed by atoms with Crippen LogP contribution < -0.4 is 11.1 Å². The summed E-state index contributed by atoms with van der Waals surface area (Å²) in [5, 5.41) is 3.09. The van der Waals surface area contributed by atoms with Gasteiger partial charge in [-0.1, -0.05) is 13.3 Å². The third-order valence-electron chi connectivity index (χ3n) is 3.95. The Morgan fingerprint density at radius 1 is 1.25 bits per heavy atom. The Hall–Kier alpha value is -1.46. The molecule has 3 N–H and O–H groups in total. The highest BCUT2D eigenvalue weighted by Gasteiger charge is 2.31. The minimum absolute atomic E-state index is 0.107. The lowest BCUT2D eigenvalue weighted by atomic mass is 9.84. The first kappa shape index (κ1) is 14.9. The normalized spacial score (nSPS) is 23.6. The van der Waals surface area contributed by atoms with Crippen molar-refractivity contribution < 1.29 is 13.2 Å². The monoisotopic (exact) mass is 287 g/mol. The molecule has 1 aromatic heterocycles. The van der Waals surface area contributed by atoms with Crippen LogP contribution in [0, 0.1) is 5.92 Å². The van der Waals surface area contributed by atoms with Crippen LogP contribution in [0.5, 0.6) is 0 Å². The van der Waals surface area contributed by atoms with Gasteiger partial charge >= 0.3 is 6.18 Å². The van der Waals surface area contributed by atoms with E-state index in [9.17, 15) is 13.2 Å². The van der Waals surface area contributed by atoms with E-state index >= 15 is 0 Å². The van der Waals surface area contributed by atoms with Crippen LogP contribution in [-0.2, 0) is 6.18 Å². The molecule has 112 valence electrons. The van der Waals surface area contributed by atoms with Crippen LogP contribution in [0.25, 0.3) is 0 Å². The second kappa shape index (κ2) is 5.89. The minimum Gasteiger partial charge on any atom is -0.384 e. The quantitative estimate of drug-likeness (QED) is 0.881. The molecule has 20 heavy (non-hydrogen) atoms. The fourth-order valence-corrected chi connectivity index (χ4v) is 2.71. The first-order chi connectivity index (χ1) is 9.38. The lowest BCUT2D eigenvalue weighted by molar-refractivity contribution is -0.137. The number of pyridine rings is 1. The Balaban J connectivity index is 2.05. The Bertz CT molecular complexity index is 451. The van der Waals surface area contributed by atoms with Gasteiger partial charge in [-0.25, -0.2) is 4.98 Å². The number of hydrogen-bond donors (Lipinski definition) is 2. The Morgan fingerprint density at radius 2 is 1.90 bits per heavy atom. The van der Waals surface area contributed by atoms with Gasteiger partial charge in [-0.15, -0.1) is 0 Å². The Morgan fingerprint density at radius 3 is 2.45 bits per heavy atom. The van der Waals surface area contributed by atoms with Gasteiger partial charge in [0.05, 0.1) is 5.56 Å². The Kier molecular flexibility index (Phi) is 4.40. The Labute approximate surface area is 116 Å². The van der Waals surface area contributed by atoms with Crippen LogP contribution in [-0.4, -0.2) is 11.0 Å². The molecule has 1 aromatic rings. The van der Waals surface area contributed by atoms with E-state index < -0.39 is 11.7 Å². The lowest BCUT2D eigenvalue weighted by Crippen LogP contribution is -2.26. The van der Waals surface area contributed by atoms with Crippen molar-refractivity contribution in [2.75, 3.05) is 11.1 Å². The van der Waals surface area contributed by atoms with E-state index in [2.05, 4.69) is 17.2 Å². The van der Waals surface area contributed by atoms with E-state index in [-0.39, 0.29) is 17.7 Å². The molecule has 0 aliphatic heterocycles. The maximum absolute atomic E-state index is 12.7. The van der Waals surface area contributed by atoms with Crippen molar-refractivity contribution in [2.45, 2.75) is 51.2 Å². The molecular formula is C14H20F3N3. The number of nitrogen functional groups attached to an aromatic ring is 1. The van der Waals surface area contributed by atoms with Gasteiger partial charge in [-0.2, -0.15) is 13.2 Å². The number of aromatic nitrogens is 1. The molecule has 6 heteroatoms. The highest BCUT2D eigenvalue weighted by atomic mass is 19.4. The molecule has 1 fully saturated rings. The van der Waals surface area contributed by atoms with Crippen LogP contribution in [0.4, 0.5) is 24.8 Å². The molecule has 0 radical (unpaired) electrons. The summed E-state index contributed by atoms with van der Waals surface area (Å²) in [5.41, 5.74) is 4.70. The zero-order chi connectivity index (χ0) is 14.8. The van der Waals surface area contributed by atoms with Crippen LogP contribution in [0.1, 0.15) is 44.6 Å². The van der Waals surface area contributed by atoms with Crippen molar-refractivity contribution >= 4 is 11.6 Å². The zero-order valence-electron chi connectivity index (χ0n) is 11.5. The summed E-state index contributed by atoms with van der Waals surface area (Å²) in [6.45, 7) is 2.17. The number of halogens is 3. The highest BCUT2D eigenvalue weighted by molar-refractivity contribution is 5.48. The van der Waals surface area contributed by atoms with Gasteiger partial charge in [0.1, 0.15) is 11.6 Å².